The molecular weight excluding hydrogens is 906 g/mol. The average Bonchev–Trinajstić information content (AvgIpc) is 3.36. The van der Waals surface area contributed by atoms with E-state index in [9.17, 15) is 19.0 Å². The smallest absolute Gasteiger partial charge is 0.462 e. The quantitative estimate of drug-likeness (QED) is 0.0264. The zero-order chi connectivity index (χ0) is 51.7. The number of hydrogen-bond donors (Lipinski definition) is 2. The van der Waals surface area contributed by atoms with E-state index >= 15 is 0 Å². The van der Waals surface area contributed by atoms with Crippen molar-refractivity contribution in [2.24, 2.45) is 5.73 Å². The fourth-order valence-electron chi connectivity index (χ4n) is 7.99. The number of rotatable bonds is 54. The number of phosphoric ester groups is 1. The van der Waals surface area contributed by atoms with E-state index in [-0.39, 0.29) is 38.6 Å². The lowest BCUT2D eigenvalue weighted by Crippen LogP contribution is -2.29. The lowest BCUT2D eigenvalue weighted by atomic mass is 10.0. The third-order valence-electron chi connectivity index (χ3n) is 12.3. The van der Waals surface area contributed by atoms with E-state index in [4.69, 9.17) is 24.3 Å². The molecule has 0 amide bonds. The Morgan fingerprint density at radius 1 is 0.437 bits per heavy atom. The van der Waals surface area contributed by atoms with Gasteiger partial charge in [-0.25, -0.2) is 4.57 Å². The number of carbonyl (C=O) groups is 2. The molecule has 0 aliphatic carbocycles. The first-order chi connectivity index (χ1) is 34.8. The molecule has 0 aliphatic rings. The Kier molecular flexibility index (Phi) is 54.2. The maximum absolute atomic E-state index is 12.7. The summed E-state index contributed by atoms with van der Waals surface area (Å²) in [5.74, 6) is -0.836. The lowest BCUT2D eigenvalue weighted by Gasteiger charge is -2.19. The van der Waals surface area contributed by atoms with Gasteiger partial charge in [-0.3, -0.25) is 18.6 Å². The van der Waals surface area contributed by atoms with E-state index in [2.05, 4.69) is 98.9 Å². The summed E-state index contributed by atoms with van der Waals surface area (Å²) in [6, 6.07) is 0. The number of unbranched alkanes of at least 4 members (excludes halogenated alkanes) is 27. The second-order valence-corrected chi connectivity index (χ2v) is 20.6. The van der Waals surface area contributed by atoms with Gasteiger partial charge in [0.1, 0.15) is 6.61 Å². The molecule has 0 spiro atoms. The first kappa shape index (κ1) is 68.2. The van der Waals surface area contributed by atoms with Crippen LogP contribution in [0, 0.1) is 0 Å². The van der Waals surface area contributed by atoms with Crippen LogP contribution in [0.15, 0.2) is 85.1 Å². The van der Waals surface area contributed by atoms with Crippen molar-refractivity contribution in [3.05, 3.63) is 85.1 Å². The van der Waals surface area contributed by atoms with Crippen molar-refractivity contribution >= 4 is 19.8 Å². The molecule has 0 bridgehead atoms. The molecule has 0 saturated heterocycles. The lowest BCUT2D eigenvalue weighted by molar-refractivity contribution is -0.161. The zero-order valence-electron chi connectivity index (χ0n) is 45.7. The van der Waals surface area contributed by atoms with E-state index in [1.54, 1.807) is 0 Å². The van der Waals surface area contributed by atoms with Gasteiger partial charge in [0.2, 0.25) is 0 Å². The van der Waals surface area contributed by atoms with Gasteiger partial charge in [0.25, 0.3) is 0 Å². The molecule has 0 radical (unpaired) electrons. The Bertz CT molecular complexity index is 1440. The molecule has 2 atom stereocenters. The molecule has 3 N–H and O–H groups in total. The summed E-state index contributed by atoms with van der Waals surface area (Å²) in [5.41, 5.74) is 5.38. The molecule has 10 heteroatoms. The van der Waals surface area contributed by atoms with Crippen molar-refractivity contribution in [2.45, 2.75) is 264 Å². The highest BCUT2D eigenvalue weighted by molar-refractivity contribution is 7.47. The van der Waals surface area contributed by atoms with Crippen molar-refractivity contribution in [1.82, 2.24) is 0 Å². The fourth-order valence-corrected chi connectivity index (χ4v) is 8.75. The number of nitrogens with two attached hydrogens (primary N) is 1. The van der Waals surface area contributed by atoms with Crippen molar-refractivity contribution in [2.75, 3.05) is 26.4 Å². The number of ether oxygens (including phenoxy) is 2. The summed E-state index contributed by atoms with van der Waals surface area (Å²) < 4.78 is 33.0. The summed E-state index contributed by atoms with van der Waals surface area (Å²) in [7, 11) is -4.39. The predicted molar refractivity (Wildman–Crippen MR) is 302 cm³/mol. The van der Waals surface area contributed by atoms with Gasteiger partial charge < -0.3 is 20.1 Å². The number of esters is 2. The summed E-state index contributed by atoms with van der Waals surface area (Å²) >= 11 is 0. The van der Waals surface area contributed by atoms with Crippen LogP contribution in [0.1, 0.15) is 258 Å². The molecule has 0 aromatic heterocycles. The van der Waals surface area contributed by atoms with Gasteiger partial charge in [-0.1, -0.05) is 240 Å². The van der Waals surface area contributed by atoms with Crippen molar-refractivity contribution in [3.8, 4) is 0 Å². The Morgan fingerprint density at radius 3 is 1.15 bits per heavy atom. The summed E-state index contributed by atoms with van der Waals surface area (Å²) in [4.78, 5) is 35.2. The number of phosphoric acid groups is 1. The minimum Gasteiger partial charge on any atom is -0.462 e. The van der Waals surface area contributed by atoms with Crippen LogP contribution in [0.25, 0.3) is 0 Å². The van der Waals surface area contributed by atoms with Crippen LogP contribution in [-0.2, 0) is 32.7 Å². The molecule has 0 aliphatic heterocycles. The predicted octanol–water partition coefficient (Wildman–Crippen LogP) is 18.3. The monoisotopic (exact) mass is 1010 g/mol. The van der Waals surface area contributed by atoms with Gasteiger partial charge in [0, 0.05) is 19.4 Å². The molecule has 0 aromatic carbocycles. The third-order valence-corrected chi connectivity index (χ3v) is 13.2. The van der Waals surface area contributed by atoms with Crippen molar-refractivity contribution < 1.29 is 37.6 Å². The van der Waals surface area contributed by atoms with E-state index in [1.807, 2.05) is 0 Å². The van der Waals surface area contributed by atoms with Gasteiger partial charge in [0.15, 0.2) is 6.10 Å². The maximum Gasteiger partial charge on any atom is 0.472 e. The van der Waals surface area contributed by atoms with E-state index < -0.39 is 26.5 Å². The Hall–Kier alpha value is -2.81. The first-order valence-corrected chi connectivity index (χ1v) is 30.6. The molecule has 0 heterocycles. The second-order valence-electron chi connectivity index (χ2n) is 19.1. The fraction of sp³-hybridized carbons (Fsp3) is 0.738. The van der Waals surface area contributed by atoms with E-state index in [0.29, 0.717) is 6.42 Å². The van der Waals surface area contributed by atoms with Crippen LogP contribution in [0.4, 0.5) is 0 Å². The van der Waals surface area contributed by atoms with Crippen molar-refractivity contribution in [1.29, 1.82) is 0 Å². The number of hydrogen-bond acceptors (Lipinski definition) is 8. The Balaban J connectivity index is 3.97. The molecule has 410 valence electrons. The molecule has 71 heavy (non-hydrogen) atoms. The maximum atomic E-state index is 12.7. The minimum absolute atomic E-state index is 0.0486. The summed E-state index contributed by atoms with van der Waals surface area (Å²) in [6.45, 7) is 3.62. The highest BCUT2D eigenvalue weighted by Gasteiger charge is 2.26. The van der Waals surface area contributed by atoms with Crippen LogP contribution in [0.5, 0.6) is 0 Å². The number of carbonyl (C=O) groups excluding carboxylic acids is 2. The number of allylic oxidation sites excluding steroid dienone is 14. The highest BCUT2D eigenvalue weighted by atomic mass is 31.2. The van der Waals surface area contributed by atoms with E-state index in [0.717, 1.165) is 83.5 Å². The van der Waals surface area contributed by atoms with Crippen LogP contribution < -0.4 is 5.73 Å². The topological polar surface area (TPSA) is 134 Å². The zero-order valence-corrected chi connectivity index (χ0v) is 46.6. The largest absolute Gasteiger partial charge is 0.472 e. The summed E-state index contributed by atoms with van der Waals surface area (Å²) in [6.07, 6.45) is 73.5. The Labute approximate surface area is 436 Å². The SMILES string of the molecule is CC/C=C\C/C=C\C/C=C\C/C=C\CCCCCCCCCCC(=O)OC(COC(=O)CCCCCCCCCCCCCCCC/C=C\C/C=C\C/C=C\CCCCCCC)COP(=O)(O)OCCN. The normalized spacial score (nSPS) is 13.7. The minimum atomic E-state index is -4.39. The highest BCUT2D eigenvalue weighted by Crippen LogP contribution is 2.43. The average molecular weight is 1010 g/mol. The van der Waals surface area contributed by atoms with Gasteiger partial charge in [0.05, 0.1) is 13.2 Å². The van der Waals surface area contributed by atoms with Crippen LogP contribution >= 0.6 is 7.82 Å². The second kappa shape index (κ2) is 56.5. The van der Waals surface area contributed by atoms with Gasteiger partial charge >= 0.3 is 19.8 Å². The van der Waals surface area contributed by atoms with Gasteiger partial charge in [-0.2, -0.15) is 0 Å². The molecule has 2 unspecified atom stereocenters. The van der Waals surface area contributed by atoms with Gasteiger partial charge in [-0.05, 0) is 89.9 Å². The molecule has 0 rings (SSSR count). The van der Waals surface area contributed by atoms with Crippen molar-refractivity contribution in [3.63, 3.8) is 0 Å². The van der Waals surface area contributed by atoms with Crippen LogP contribution in [-0.4, -0.2) is 49.3 Å². The van der Waals surface area contributed by atoms with E-state index in [1.165, 1.54) is 141 Å². The molecule has 9 nitrogen and oxygen atoms in total. The Morgan fingerprint density at radius 2 is 0.775 bits per heavy atom. The molecule has 0 saturated carbocycles. The molecular formula is C61H108NO8P. The standard InChI is InChI=1S/C61H108NO8P/c1-3-5-7-9-11-13-15-17-19-21-23-25-26-27-28-29-30-31-32-34-35-37-39-41-43-45-47-49-51-53-60(63)67-57-59(58-69-71(65,66)68-56-55-62)70-61(64)54-52-50-48-46-44-42-40-38-36-33-24-22-20-18-16-14-12-10-8-6-4-2/h6,8,12,14-15,17-18,20-21,23-24,26-27,33,59H,3-5,7,9-11,13,16,19,22,25,28-32,34-58,62H2,1-2H3,(H,65,66)/b8-6-,14-12-,17-15-,20-18-,23-21-,27-26-,33-24-. The third kappa shape index (κ3) is 56.3. The molecule has 0 fully saturated rings. The van der Waals surface area contributed by atoms with Crippen LogP contribution in [0.2, 0.25) is 0 Å². The van der Waals surface area contributed by atoms with Crippen LogP contribution in [0.3, 0.4) is 0 Å². The van der Waals surface area contributed by atoms with Gasteiger partial charge in [-0.15, -0.1) is 0 Å². The summed E-state index contributed by atoms with van der Waals surface area (Å²) in [5, 5.41) is 0. The molecule has 0 aromatic rings. The first-order valence-electron chi connectivity index (χ1n) is 29.1.